The Hall–Kier alpha value is -1.62. The van der Waals surface area contributed by atoms with Gasteiger partial charge in [-0.05, 0) is 62.4 Å². The lowest BCUT2D eigenvalue weighted by molar-refractivity contribution is 0.0988. The Morgan fingerprint density at radius 2 is 2.12 bits per heavy atom. The van der Waals surface area contributed by atoms with Crippen LogP contribution in [0.5, 0.6) is 5.75 Å². The summed E-state index contributed by atoms with van der Waals surface area (Å²) in [5.74, 6) is 1.54. The number of aryl methyl sites for hydroxylation is 1. The first kappa shape index (κ1) is 17.8. The van der Waals surface area contributed by atoms with E-state index in [9.17, 15) is 5.11 Å². The van der Waals surface area contributed by atoms with Gasteiger partial charge in [-0.3, -0.25) is 4.98 Å². The van der Waals surface area contributed by atoms with Crippen molar-refractivity contribution in [2.45, 2.75) is 45.8 Å². The van der Waals surface area contributed by atoms with Crippen molar-refractivity contribution in [3.8, 4) is 16.9 Å². The first-order valence-corrected chi connectivity index (χ1v) is 10.2. The van der Waals surface area contributed by atoms with E-state index in [1.54, 1.807) is 17.5 Å². The number of fused-ring (bicyclic) bond motifs is 1. The summed E-state index contributed by atoms with van der Waals surface area (Å²) < 4.78 is 7.50. The number of halogens is 1. The molecule has 0 radical (unpaired) electrons. The number of nitrogens with zero attached hydrogens (tertiary/aromatic N) is 1. The molecule has 1 N–H and O–H groups in total. The Bertz CT molecular complexity index is 949. The summed E-state index contributed by atoms with van der Waals surface area (Å²) in [6, 6.07) is 7.88. The van der Waals surface area contributed by atoms with E-state index in [2.05, 4.69) is 11.9 Å². The van der Waals surface area contributed by atoms with Gasteiger partial charge in [0.05, 0.1) is 22.9 Å². The van der Waals surface area contributed by atoms with Gasteiger partial charge in [-0.1, -0.05) is 18.0 Å². The summed E-state index contributed by atoms with van der Waals surface area (Å²) in [7, 11) is 0. The first-order valence-electron chi connectivity index (χ1n) is 9.02. The predicted molar refractivity (Wildman–Crippen MR) is 108 cm³/mol. The molecule has 136 valence electrons. The fourth-order valence-corrected chi connectivity index (χ4v) is 4.83. The van der Waals surface area contributed by atoms with E-state index in [0.717, 1.165) is 37.5 Å². The molecule has 1 unspecified atom stereocenters. The van der Waals surface area contributed by atoms with E-state index in [0.29, 0.717) is 10.9 Å². The van der Waals surface area contributed by atoms with Crippen LogP contribution in [0, 0.1) is 12.8 Å². The van der Waals surface area contributed by atoms with Gasteiger partial charge in [0, 0.05) is 27.2 Å². The molecule has 1 aromatic carbocycles. The minimum atomic E-state index is 0.0249. The molecule has 0 amide bonds. The van der Waals surface area contributed by atoms with Crippen LogP contribution in [0.3, 0.4) is 0 Å². The highest BCUT2D eigenvalue weighted by Crippen LogP contribution is 2.43. The average Bonchev–Trinajstić information content (AvgIpc) is 2.98. The normalized spacial score (nSPS) is 15.8. The van der Waals surface area contributed by atoms with Crippen LogP contribution in [0.4, 0.5) is 0 Å². The molecule has 0 aliphatic heterocycles. The summed E-state index contributed by atoms with van der Waals surface area (Å²) in [4.78, 5) is 5.35. The standard InChI is InChI=1S/C21H22ClNO2S/c1-12-8-15(22)9-18(20(12)25-13(2)14-4-3-5-14)17-6-7-23-19-10-16(11-24)26-21(17)19/h6-10,13-14,24H,3-5,11H2,1-2H3. The summed E-state index contributed by atoms with van der Waals surface area (Å²) in [5, 5.41) is 10.2. The van der Waals surface area contributed by atoms with Crippen molar-refractivity contribution in [3.63, 3.8) is 0 Å². The molecule has 1 aliphatic carbocycles. The molecule has 1 aliphatic rings. The number of hydrogen-bond acceptors (Lipinski definition) is 4. The lowest BCUT2D eigenvalue weighted by Crippen LogP contribution is -2.29. The molecule has 1 saturated carbocycles. The van der Waals surface area contributed by atoms with E-state index in [4.69, 9.17) is 16.3 Å². The Balaban J connectivity index is 1.84. The maximum absolute atomic E-state index is 9.49. The number of ether oxygens (including phenoxy) is 1. The highest BCUT2D eigenvalue weighted by molar-refractivity contribution is 7.19. The molecule has 0 saturated heterocycles. The minimum absolute atomic E-state index is 0.0249. The predicted octanol–water partition coefficient (Wildman–Crippen LogP) is 5.98. The third kappa shape index (κ3) is 3.22. The third-order valence-corrected chi connectivity index (χ3v) is 6.63. The molecule has 2 aromatic heterocycles. The number of rotatable bonds is 5. The van der Waals surface area contributed by atoms with Crippen LogP contribution < -0.4 is 4.74 Å². The molecule has 3 nitrogen and oxygen atoms in total. The second kappa shape index (κ2) is 7.18. The zero-order valence-corrected chi connectivity index (χ0v) is 16.5. The van der Waals surface area contributed by atoms with Crippen molar-refractivity contribution < 1.29 is 9.84 Å². The molecular weight excluding hydrogens is 366 g/mol. The maximum Gasteiger partial charge on any atom is 0.130 e. The second-order valence-corrected chi connectivity index (χ2v) is 8.63. The number of pyridine rings is 1. The average molecular weight is 388 g/mol. The number of thiophene rings is 1. The number of benzene rings is 1. The van der Waals surface area contributed by atoms with Gasteiger partial charge >= 0.3 is 0 Å². The van der Waals surface area contributed by atoms with Gasteiger partial charge in [0.15, 0.2) is 0 Å². The fourth-order valence-electron chi connectivity index (χ4n) is 3.56. The highest BCUT2D eigenvalue weighted by Gasteiger charge is 2.27. The van der Waals surface area contributed by atoms with Gasteiger partial charge in [0.1, 0.15) is 5.75 Å². The summed E-state index contributed by atoms with van der Waals surface area (Å²) >= 11 is 7.95. The van der Waals surface area contributed by atoms with Crippen molar-refractivity contribution >= 4 is 33.2 Å². The molecule has 4 rings (SSSR count). The monoisotopic (exact) mass is 387 g/mol. The van der Waals surface area contributed by atoms with Crippen LogP contribution in [0.25, 0.3) is 21.3 Å². The van der Waals surface area contributed by atoms with Gasteiger partial charge in [-0.25, -0.2) is 0 Å². The number of hydrogen-bond donors (Lipinski definition) is 1. The highest BCUT2D eigenvalue weighted by atomic mass is 35.5. The molecule has 5 heteroatoms. The Labute approximate surface area is 162 Å². The van der Waals surface area contributed by atoms with Crippen LogP contribution in [-0.4, -0.2) is 16.2 Å². The van der Waals surface area contributed by atoms with Gasteiger partial charge in [0.25, 0.3) is 0 Å². The van der Waals surface area contributed by atoms with Gasteiger partial charge in [0.2, 0.25) is 0 Å². The first-order chi connectivity index (χ1) is 12.6. The minimum Gasteiger partial charge on any atom is -0.490 e. The molecular formula is C21H22ClNO2S. The number of aromatic nitrogens is 1. The Morgan fingerprint density at radius 1 is 1.31 bits per heavy atom. The van der Waals surface area contributed by atoms with Crippen LogP contribution in [-0.2, 0) is 6.61 Å². The zero-order valence-electron chi connectivity index (χ0n) is 15.0. The van der Waals surface area contributed by atoms with Crippen LogP contribution in [0.15, 0.2) is 30.5 Å². The van der Waals surface area contributed by atoms with E-state index in [1.807, 2.05) is 31.2 Å². The van der Waals surface area contributed by atoms with Crippen molar-refractivity contribution in [1.29, 1.82) is 0 Å². The molecule has 26 heavy (non-hydrogen) atoms. The smallest absolute Gasteiger partial charge is 0.130 e. The summed E-state index contributed by atoms with van der Waals surface area (Å²) in [6.07, 6.45) is 5.78. The Kier molecular flexibility index (Phi) is 4.91. The summed E-state index contributed by atoms with van der Waals surface area (Å²) in [5.41, 5.74) is 4.00. The molecule has 1 fully saturated rings. The maximum atomic E-state index is 9.49. The van der Waals surface area contributed by atoms with Crippen molar-refractivity contribution in [2.24, 2.45) is 5.92 Å². The van der Waals surface area contributed by atoms with Crippen molar-refractivity contribution in [1.82, 2.24) is 4.98 Å². The third-order valence-electron chi connectivity index (χ3n) is 5.27. The topological polar surface area (TPSA) is 42.4 Å². The quantitative estimate of drug-likeness (QED) is 0.585. The molecule has 0 spiro atoms. The SMILES string of the molecule is Cc1cc(Cl)cc(-c2ccnc3cc(CO)sc23)c1OC(C)C1CCC1. The van der Waals surface area contributed by atoms with E-state index in [-0.39, 0.29) is 12.7 Å². The second-order valence-electron chi connectivity index (χ2n) is 7.06. The van der Waals surface area contributed by atoms with Gasteiger partial charge in [-0.15, -0.1) is 11.3 Å². The van der Waals surface area contributed by atoms with Crippen molar-refractivity contribution in [2.75, 3.05) is 0 Å². The van der Waals surface area contributed by atoms with Crippen LogP contribution in [0.1, 0.15) is 36.6 Å². The molecule has 3 aromatic rings. The lowest BCUT2D eigenvalue weighted by Gasteiger charge is -2.32. The zero-order chi connectivity index (χ0) is 18.3. The summed E-state index contributed by atoms with van der Waals surface area (Å²) in [6.45, 7) is 4.24. The molecule has 2 heterocycles. The van der Waals surface area contributed by atoms with Crippen LogP contribution >= 0.6 is 22.9 Å². The van der Waals surface area contributed by atoms with E-state index in [1.165, 1.54) is 19.3 Å². The molecule has 0 bridgehead atoms. The lowest BCUT2D eigenvalue weighted by atomic mass is 9.81. The van der Waals surface area contributed by atoms with Gasteiger partial charge < -0.3 is 9.84 Å². The molecule has 1 atom stereocenters. The Morgan fingerprint density at radius 3 is 2.81 bits per heavy atom. The van der Waals surface area contributed by atoms with E-state index < -0.39 is 0 Å². The van der Waals surface area contributed by atoms with Gasteiger partial charge in [-0.2, -0.15) is 0 Å². The number of aliphatic hydroxyl groups excluding tert-OH is 1. The van der Waals surface area contributed by atoms with Crippen molar-refractivity contribution in [3.05, 3.63) is 45.9 Å². The van der Waals surface area contributed by atoms with Crippen LogP contribution in [0.2, 0.25) is 5.02 Å². The number of aliphatic hydroxyl groups is 1. The largest absolute Gasteiger partial charge is 0.490 e. The van der Waals surface area contributed by atoms with E-state index >= 15 is 0 Å². The fraction of sp³-hybridized carbons (Fsp3) is 0.381.